The van der Waals surface area contributed by atoms with E-state index >= 15 is 0 Å². The minimum Gasteiger partial charge on any atom is -0.355 e. The summed E-state index contributed by atoms with van der Waals surface area (Å²) in [6, 6.07) is 0.232. The van der Waals surface area contributed by atoms with Crippen molar-refractivity contribution in [1.82, 2.24) is 10.2 Å². The Hall–Kier alpha value is -1.10. The third kappa shape index (κ3) is 3.95. The van der Waals surface area contributed by atoms with Gasteiger partial charge in [-0.15, -0.1) is 0 Å². The number of likely N-dealkylation sites (tertiary alicyclic amines) is 1. The molecular formula is C15H27N3O2. The van der Waals surface area contributed by atoms with Crippen molar-refractivity contribution >= 4 is 11.8 Å². The van der Waals surface area contributed by atoms with Crippen LogP contribution in [0.1, 0.15) is 45.4 Å². The minimum atomic E-state index is 0.0756. The zero-order chi connectivity index (χ0) is 14.5. The molecule has 1 saturated carbocycles. The molecule has 5 nitrogen and oxygen atoms in total. The molecule has 0 aromatic rings. The van der Waals surface area contributed by atoms with Gasteiger partial charge in [-0.05, 0) is 38.0 Å². The SMILES string of the molecule is CC1CC(C(=O)NCCC(=O)N2CCCC2)CCC1N. The molecule has 3 unspecified atom stereocenters. The van der Waals surface area contributed by atoms with Crippen LogP contribution in [0.3, 0.4) is 0 Å². The lowest BCUT2D eigenvalue weighted by Crippen LogP contribution is -2.41. The Kier molecular flexibility index (Phi) is 5.40. The molecule has 1 saturated heterocycles. The molecule has 0 radical (unpaired) electrons. The number of nitrogens with zero attached hydrogens (tertiary/aromatic N) is 1. The number of amides is 2. The Morgan fingerprint density at radius 3 is 2.60 bits per heavy atom. The first-order valence-corrected chi connectivity index (χ1v) is 7.89. The zero-order valence-electron chi connectivity index (χ0n) is 12.4. The molecular weight excluding hydrogens is 254 g/mol. The van der Waals surface area contributed by atoms with Crippen LogP contribution in [0.2, 0.25) is 0 Å². The maximum atomic E-state index is 12.1. The number of carbonyl (C=O) groups is 2. The summed E-state index contributed by atoms with van der Waals surface area (Å²) < 4.78 is 0. The average Bonchev–Trinajstić information content (AvgIpc) is 2.95. The fourth-order valence-corrected chi connectivity index (χ4v) is 3.22. The first kappa shape index (κ1) is 15.3. The highest BCUT2D eigenvalue weighted by molar-refractivity contribution is 5.80. The molecule has 2 fully saturated rings. The summed E-state index contributed by atoms with van der Waals surface area (Å²) in [4.78, 5) is 25.8. The summed E-state index contributed by atoms with van der Waals surface area (Å²) in [5.41, 5.74) is 5.97. The van der Waals surface area contributed by atoms with Crippen molar-refractivity contribution in [3.63, 3.8) is 0 Å². The van der Waals surface area contributed by atoms with Crippen LogP contribution >= 0.6 is 0 Å². The second-order valence-corrected chi connectivity index (χ2v) is 6.28. The van der Waals surface area contributed by atoms with Gasteiger partial charge in [0.2, 0.25) is 11.8 Å². The summed E-state index contributed by atoms with van der Waals surface area (Å²) in [6.07, 6.45) is 5.31. The Bertz CT molecular complexity index is 353. The van der Waals surface area contributed by atoms with Crippen LogP contribution in [0.25, 0.3) is 0 Å². The molecule has 5 heteroatoms. The van der Waals surface area contributed by atoms with Crippen molar-refractivity contribution in [3.8, 4) is 0 Å². The summed E-state index contributed by atoms with van der Waals surface area (Å²) in [5, 5.41) is 2.91. The maximum absolute atomic E-state index is 12.1. The lowest BCUT2D eigenvalue weighted by atomic mass is 9.79. The van der Waals surface area contributed by atoms with Crippen molar-refractivity contribution in [2.24, 2.45) is 17.6 Å². The molecule has 0 aromatic heterocycles. The molecule has 114 valence electrons. The highest BCUT2D eigenvalue weighted by atomic mass is 16.2. The van der Waals surface area contributed by atoms with Crippen molar-refractivity contribution in [1.29, 1.82) is 0 Å². The van der Waals surface area contributed by atoms with Crippen molar-refractivity contribution < 1.29 is 9.59 Å². The van der Waals surface area contributed by atoms with E-state index in [0.717, 1.165) is 45.2 Å². The second-order valence-electron chi connectivity index (χ2n) is 6.28. The fourth-order valence-electron chi connectivity index (χ4n) is 3.22. The van der Waals surface area contributed by atoms with Gasteiger partial charge in [0, 0.05) is 38.0 Å². The first-order valence-electron chi connectivity index (χ1n) is 7.89. The highest BCUT2D eigenvalue weighted by Gasteiger charge is 2.29. The van der Waals surface area contributed by atoms with E-state index in [2.05, 4.69) is 12.2 Å². The van der Waals surface area contributed by atoms with Crippen LogP contribution in [0.4, 0.5) is 0 Å². The van der Waals surface area contributed by atoms with E-state index in [1.807, 2.05) is 4.90 Å². The Labute approximate surface area is 121 Å². The smallest absolute Gasteiger partial charge is 0.224 e. The Balaban J connectivity index is 1.66. The van der Waals surface area contributed by atoms with Gasteiger partial charge in [0.05, 0.1) is 0 Å². The van der Waals surface area contributed by atoms with Gasteiger partial charge in [0.25, 0.3) is 0 Å². The van der Waals surface area contributed by atoms with Crippen molar-refractivity contribution in [2.75, 3.05) is 19.6 Å². The standard InChI is InChI=1S/C15H27N3O2/c1-11-10-12(4-5-13(11)16)15(20)17-7-6-14(19)18-8-2-3-9-18/h11-13H,2-10,16H2,1H3,(H,17,20). The van der Waals surface area contributed by atoms with E-state index in [0.29, 0.717) is 18.9 Å². The summed E-state index contributed by atoms with van der Waals surface area (Å²) in [5.74, 6) is 0.747. The van der Waals surface area contributed by atoms with Crippen molar-refractivity contribution in [3.05, 3.63) is 0 Å². The van der Waals surface area contributed by atoms with E-state index in [9.17, 15) is 9.59 Å². The lowest BCUT2D eigenvalue weighted by molar-refractivity contribution is -0.130. The molecule has 1 aliphatic carbocycles. The summed E-state index contributed by atoms with van der Waals surface area (Å²) in [7, 11) is 0. The number of hydrogen-bond donors (Lipinski definition) is 2. The molecule has 3 atom stereocenters. The fraction of sp³-hybridized carbons (Fsp3) is 0.867. The van der Waals surface area contributed by atoms with Gasteiger partial charge < -0.3 is 16.0 Å². The van der Waals surface area contributed by atoms with Crippen LogP contribution in [-0.4, -0.2) is 42.4 Å². The molecule has 2 aliphatic rings. The molecule has 2 rings (SSSR count). The molecule has 0 spiro atoms. The minimum absolute atomic E-state index is 0.0756. The maximum Gasteiger partial charge on any atom is 0.224 e. The third-order valence-electron chi connectivity index (χ3n) is 4.70. The number of nitrogens with two attached hydrogens (primary N) is 1. The van der Waals surface area contributed by atoms with E-state index in [-0.39, 0.29) is 23.8 Å². The van der Waals surface area contributed by atoms with E-state index in [1.54, 1.807) is 0 Å². The third-order valence-corrected chi connectivity index (χ3v) is 4.70. The molecule has 0 bridgehead atoms. The summed E-state index contributed by atoms with van der Waals surface area (Å²) in [6.45, 7) is 4.34. The van der Waals surface area contributed by atoms with Gasteiger partial charge >= 0.3 is 0 Å². The van der Waals surface area contributed by atoms with Crippen LogP contribution < -0.4 is 11.1 Å². The van der Waals surface area contributed by atoms with Crippen LogP contribution in [-0.2, 0) is 9.59 Å². The molecule has 20 heavy (non-hydrogen) atoms. The molecule has 2 amide bonds. The summed E-state index contributed by atoms with van der Waals surface area (Å²) >= 11 is 0. The Morgan fingerprint density at radius 1 is 1.25 bits per heavy atom. The predicted octanol–water partition coefficient (Wildman–Crippen LogP) is 0.879. The normalized spacial score (nSPS) is 30.3. The highest BCUT2D eigenvalue weighted by Crippen LogP contribution is 2.27. The first-order chi connectivity index (χ1) is 9.58. The number of nitrogens with one attached hydrogen (secondary N) is 1. The van der Waals surface area contributed by atoms with E-state index < -0.39 is 0 Å². The monoisotopic (exact) mass is 281 g/mol. The zero-order valence-corrected chi connectivity index (χ0v) is 12.4. The second kappa shape index (κ2) is 7.07. The van der Waals surface area contributed by atoms with Crippen LogP contribution in [0, 0.1) is 11.8 Å². The lowest BCUT2D eigenvalue weighted by Gasteiger charge is -2.31. The Morgan fingerprint density at radius 2 is 1.95 bits per heavy atom. The predicted molar refractivity (Wildman–Crippen MR) is 77.9 cm³/mol. The van der Waals surface area contributed by atoms with Gasteiger partial charge in [-0.2, -0.15) is 0 Å². The molecule has 3 N–H and O–H groups in total. The van der Waals surface area contributed by atoms with Crippen molar-refractivity contribution in [2.45, 2.75) is 51.5 Å². The van der Waals surface area contributed by atoms with Crippen LogP contribution in [0.5, 0.6) is 0 Å². The van der Waals surface area contributed by atoms with Gasteiger partial charge in [-0.1, -0.05) is 6.92 Å². The number of hydrogen-bond acceptors (Lipinski definition) is 3. The van der Waals surface area contributed by atoms with E-state index in [4.69, 9.17) is 5.73 Å². The average molecular weight is 281 g/mol. The van der Waals surface area contributed by atoms with Gasteiger partial charge in [-0.3, -0.25) is 9.59 Å². The topological polar surface area (TPSA) is 75.4 Å². The molecule has 0 aromatic carbocycles. The largest absolute Gasteiger partial charge is 0.355 e. The quantitative estimate of drug-likeness (QED) is 0.803. The van der Waals surface area contributed by atoms with Crippen LogP contribution in [0.15, 0.2) is 0 Å². The van der Waals surface area contributed by atoms with Gasteiger partial charge in [0.1, 0.15) is 0 Å². The van der Waals surface area contributed by atoms with Gasteiger partial charge in [-0.25, -0.2) is 0 Å². The van der Waals surface area contributed by atoms with E-state index in [1.165, 1.54) is 0 Å². The number of carbonyl (C=O) groups excluding carboxylic acids is 2. The molecule has 1 aliphatic heterocycles. The molecule has 1 heterocycles. The van der Waals surface area contributed by atoms with Gasteiger partial charge in [0.15, 0.2) is 0 Å². The number of rotatable bonds is 4.